The Balaban J connectivity index is 2.69. The zero-order valence-electron chi connectivity index (χ0n) is 7.41. The first-order valence-corrected chi connectivity index (χ1v) is 3.71. The average molecular weight is 205 g/mol. The highest BCUT2D eigenvalue weighted by Gasteiger charge is 2.08. The summed E-state index contributed by atoms with van der Waals surface area (Å²) >= 11 is 0. The second-order valence-corrected chi connectivity index (χ2v) is 2.32. The molecule has 1 heterocycles. The van der Waals surface area contributed by atoms with Gasteiger partial charge in [0.25, 0.3) is 6.43 Å². The van der Waals surface area contributed by atoms with E-state index in [0.29, 0.717) is 0 Å². The predicted octanol–water partition coefficient (Wildman–Crippen LogP) is 0.711. The van der Waals surface area contributed by atoms with Crippen LogP contribution in [0.5, 0.6) is 11.9 Å². The minimum atomic E-state index is -2.57. The Bertz CT molecular complexity index is 309. The van der Waals surface area contributed by atoms with Crippen LogP contribution >= 0.6 is 0 Å². The highest BCUT2D eigenvalue weighted by atomic mass is 19.3. The molecule has 1 aromatic rings. The molecule has 5 nitrogen and oxygen atoms in total. The van der Waals surface area contributed by atoms with Crippen LogP contribution in [0.4, 0.5) is 14.5 Å². The Morgan fingerprint density at radius 3 is 2.86 bits per heavy atom. The Morgan fingerprint density at radius 2 is 2.29 bits per heavy atom. The molecule has 1 aromatic heterocycles. The molecule has 0 atom stereocenters. The summed E-state index contributed by atoms with van der Waals surface area (Å²) in [5.74, 6) is 0.101. The summed E-state index contributed by atoms with van der Waals surface area (Å²) in [6.07, 6.45) is -1.34. The summed E-state index contributed by atoms with van der Waals surface area (Å²) in [5, 5.41) is 0. The summed E-state index contributed by atoms with van der Waals surface area (Å²) in [7, 11) is 1.36. The lowest BCUT2D eigenvalue weighted by Gasteiger charge is -2.06. The van der Waals surface area contributed by atoms with E-state index in [0.717, 1.165) is 0 Å². The zero-order chi connectivity index (χ0) is 10.6. The molecule has 0 aliphatic rings. The topological polar surface area (TPSA) is 70.3 Å². The number of rotatable bonds is 4. The van der Waals surface area contributed by atoms with E-state index in [2.05, 4.69) is 14.7 Å². The van der Waals surface area contributed by atoms with E-state index in [1.807, 2.05) is 0 Å². The number of nitrogens with zero attached hydrogens (tertiary/aromatic N) is 2. The smallest absolute Gasteiger partial charge is 0.320 e. The SMILES string of the molecule is COc1nc(OCC(F)F)ncc1N. The fourth-order valence-corrected chi connectivity index (χ4v) is 0.731. The van der Waals surface area contributed by atoms with Crippen LogP contribution in [0.1, 0.15) is 0 Å². The fraction of sp³-hybridized carbons (Fsp3) is 0.429. The lowest BCUT2D eigenvalue weighted by atomic mass is 10.5. The Hall–Kier alpha value is -1.66. The van der Waals surface area contributed by atoms with Crippen LogP contribution < -0.4 is 15.2 Å². The van der Waals surface area contributed by atoms with Gasteiger partial charge in [0.05, 0.1) is 13.3 Å². The zero-order valence-corrected chi connectivity index (χ0v) is 7.41. The van der Waals surface area contributed by atoms with Crippen molar-refractivity contribution in [3.8, 4) is 11.9 Å². The number of alkyl halides is 2. The lowest BCUT2D eigenvalue weighted by Crippen LogP contribution is -2.10. The molecule has 2 N–H and O–H groups in total. The monoisotopic (exact) mass is 205 g/mol. The van der Waals surface area contributed by atoms with Gasteiger partial charge in [-0.25, -0.2) is 13.8 Å². The summed E-state index contributed by atoms with van der Waals surface area (Å²) in [6, 6.07) is -0.184. The molecule has 0 aromatic carbocycles. The number of halogens is 2. The van der Waals surface area contributed by atoms with Crippen molar-refractivity contribution in [3.63, 3.8) is 0 Å². The molecule has 0 spiro atoms. The lowest BCUT2D eigenvalue weighted by molar-refractivity contribution is 0.0766. The molecule has 78 valence electrons. The molecular weight excluding hydrogens is 196 g/mol. The highest BCUT2D eigenvalue weighted by molar-refractivity contribution is 5.45. The average Bonchev–Trinajstić information content (AvgIpc) is 2.16. The summed E-state index contributed by atoms with van der Waals surface area (Å²) in [4.78, 5) is 7.24. The third-order valence-corrected chi connectivity index (χ3v) is 1.29. The van der Waals surface area contributed by atoms with E-state index in [9.17, 15) is 8.78 Å². The number of nitrogens with two attached hydrogens (primary N) is 1. The Morgan fingerprint density at radius 1 is 1.57 bits per heavy atom. The van der Waals surface area contributed by atoms with Gasteiger partial charge in [-0.05, 0) is 0 Å². The minimum absolute atomic E-state index is 0.101. The summed E-state index contributed by atoms with van der Waals surface area (Å²) in [5.41, 5.74) is 5.62. The van der Waals surface area contributed by atoms with Crippen LogP contribution in [0.15, 0.2) is 6.20 Å². The maximum absolute atomic E-state index is 11.7. The molecule has 0 fully saturated rings. The third kappa shape index (κ3) is 2.68. The quantitative estimate of drug-likeness (QED) is 0.783. The van der Waals surface area contributed by atoms with Crippen molar-refractivity contribution in [3.05, 3.63) is 6.20 Å². The largest absolute Gasteiger partial charge is 0.479 e. The Labute approximate surface area is 78.9 Å². The van der Waals surface area contributed by atoms with Gasteiger partial charge in [0.15, 0.2) is 6.61 Å². The van der Waals surface area contributed by atoms with Crippen LogP contribution in [0, 0.1) is 0 Å². The van der Waals surface area contributed by atoms with Crippen molar-refractivity contribution in [2.45, 2.75) is 6.43 Å². The molecule has 0 aliphatic carbocycles. The summed E-state index contributed by atoms with van der Waals surface area (Å²) in [6.45, 7) is -0.757. The van der Waals surface area contributed by atoms with Gasteiger partial charge in [0.2, 0.25) is 5.88 Å². The van der Waals surface area contributed by atoms with Gasteiger partial charge in [0, 0.05) is 0 Å². The minimum Gasteiger partial charge on any atom is -0.479 e. The highest BCUT2D eigenvalue weighted by Crippen LogP contribution is 2.18. The van der Waals surface area contributed by atoms with E-state index >= 15 is 0 Å². The van der Waals surface area contributed by atoms with Crippen LogP contribution in [-0.4, -0.2) is 30.1 Å². The molecule has 0 radical (unpaired) electrons. The first kappa shape index (κ1) is 10.4. The molecule has 0 amide bonds. The standard InChI is InChI=1S/C7H9F2N3O2/c1-13-6-4(10)2-11-7(12-6)14-3-5(8)9/h2,5H,3,10H2,1H3. The van der Waals surface area contributed by atoms with E-state index in [1.54, 1.807) is 0 Å². The molecule has 1 rings (SSSR count). The molecule has 0 aliphatic heterocycles. The normalized spacial score (nSPS) is 10.3. The van der Waals surface area contributed by atoms with Gasteiger partial charge in [-0.3, -0.25) is 0 Å². The van der Waals surface area contributed by atoms with Crippen molar-refractivity contribution in [1.29, 1.82) is 0 Å². The number of methoxy groups -OCH3 is 1. The summed E-state index contributed by atoms with van der Waals surface area (Å²) < 4.78 is 32.8. The number of ether oxygens (including phenoxy) is 2. The number of hydrogen-bond donors (Lipinski definition) is 1. The van der Waals surface area contributed by atoms with Crippen molar-refractivity contribution in [1.82, 2.24) is 9.97 Å². The van der Waals surface area contributed by atoms with Gasteiger partial charge in [-0.15, -0.1) is 0 Å². The van der Waals surface area contributed by atoms with Gasteiger partial charge in [-0.1, -0.05) is 0 Å². The van der Waals surface area contributed by atoms with Crippen LogP contribution in [0.3, 0.4) is 0 Å². The first-order chi connectivity index (χ1) is 6.63. The fourth-order valence-electron chi connectivity index (χ4n) is 0.731. The van der Waals surface area contributed by atoms with E-state index in [4.69, 9.17) is 10.5 Å². The van der Waals surface area contributed by atoms with Crippen LogP contribution in [0.2, 0.25) is 0 Å². The molecule has 7 heteroatoms. The van der Waals surface area contributed by atoms with Crippen molar-refractivity contribution >= 4 is 5.69 Å². The van der Waals surface area contributed by atoms with Crippen molar-refractivity contribution < 1.29 is 18.3 Å². The van der Waals surface area contributed by atoms with Crippen molar-refractivity contribution in [2.75, 3.05) is 19.5 Å². The maximum atomic E-state index is 11.7. The maximum Gasteiger partial charge on any atom is 0.320 e. The molecular formula is C7H9F2N3O2. The second-order valence-electron chi connectivity index (χ2n) is 2.32. The Kier molecular flexibility index (Phi) is 3.38. The number of hydrogen-bond acceptors (Lipinski definition) is 5. The molecule has 0 saturated carbocycles. The van der Waals surface area contributed by atoms with E-state index in [-0.39, 0.29) is 17.6 Å². The molecule has 0 saturated heterocycles. The number of anilines is 1. The predicted molar refractivity (Wildman–Crippen MR) is 44.5 cm³/mol. The molecule has 0 unspecified atom stereocenters. The molecule has 0 bridgehead atoms. The first-order valence-electron chi connectivity index (χ1n) is 3.71. The van der Waals surface area contributed by atoms with Gasteiger partial charge in [-0.2, -0.15) is 4.98 Å². The van der Waals surface area contributed by atoms with Gasteiger partial charge >= 0.3 is 6.01 Å². The van der Waals surface area contributed by atoms with Crippen LogP contribution in [0.25, 0.3) is 0 Å². The number of nitrogen functional groups attached to an aromatic ring is 1. The van der Waals surface area contributed by atoms with Crippen molar-refractivity contribution in [2.24, 2.45) is 0 Å². The van der Waals surface area contributed by atoms with Crippen LogP contribution in [-0.2, 0) is 0 Å². The second kappa shape index (κ2) is 4.54. The van der Waals surface area contributed by atoms with E-state index < -0.39 is 13.0 Å². The van der Waals surface area contributed by atoms with Gasteiger partial charge < -0.3 is 15.2 Å². The van der Waals surface area contributed by atoms with E-state index in [1.165, 1.54) is 13.3 Å². The third-order valence-electron chi connectivity index (χ3n) is 1.29. The molecule has 14 heavy (non-hydrogen) atoms. The number of aromatic nitrogens is 2. The van der Waals surface area contributed by atoms with Gasteiger partial charge in [0.1, 0.15) is 5.69 Å².